The standard InChI is InChI=1S/C44H60N2O12S2/c1-24-12-26-13-27(38(53)54)14-29(33(26)34(50)32(24)25(2)49)57-39-35(51)37(52)44(31(17-48)58-39)10-9-43-20-42(19-40(6-3-4-7-40)16-30(42)45-46-43)15-28-18-55-21-41(36(28)43,8-5-11-47)22-59-60-23-56-44/h12-14,28,30-31,35-37,39,45-48,50-52H,3-11,15-23H2,1-2H3,(H,53,54)/t28-,30-,31-,35-,36-,37-,39-,41+,42-,43+,44-/m1/s1. The predicted octanol–water partition coefficient (Wildman–Crippen LogP) is 4.83. The molecule has 7 fully saturated rings. The van der Waals surface area contributed by atoms with Gasteiger partial charge in [-0.1, -0.05) is 40.5 Å². The van der Waals surface area contributed by atoms with Crippen LogP contribution in [0.1, 0.15) is 110 Å². The van der Waals surface area contributed by atoms with E-state index < -0.39 is 59.9 Å². The maximum atomic E-state index is 12.6. The fourth-order valence-electron chi connectivity index (χ4n) is 13.9. The molecule has 0 amide bonds. The molecule has 7 aliphatic rings. The quantitative estimate of drug-likeness (QED) is 0.132. The third-order valence-corrected chi connectivity index (χ3v) is 18.2. The summed E-state index contributed by atoms with van der Waals surface area (Å²) < 4.78 is 25.9. The van der Waals surface area contributed by atoms with E-state index in [1.54, 1.807) is 23.8 Å². The number of aliphatic hydroxyl groups is 4. The van der Waals surface area contributed by atoms with E-state index >= 15 is 0 Å². The van der Waals surface area contributed by atoms with Crippen molar-refractivity contribution < 1.29 is 59.2 Å². The molecule has 2 aromatic carbocycles. The van der Waals surface area contributed by atoms with Gasteiger partial charge in [0, 0.05) is 36.0 Å². The first-order valence-electron chi connectivity index (χ1n) is 21.7. The Morgan fingerprint density at radius 1 is 1.03 bits per heavy atom. The van der Waals surface area contributed by atoms with Crippen LogP contribution >= 0.6 is 21.6 Å². The molecule has 0 radical (unpaired) electrons. The van der Waals surface area contributed by atoms with Gasteiger partial charge in [-0.05, 0) is 124 Å². The van der Waals surface area contributed by atoms with Gasteiger partial charge in [-0.3, -0.25) is 15.6 Å². The lowest BCUT2D eigenvalue weighted by molar-refractivity contribution is -0.323. The Labute approximate surface area is 358 Å². The van der Waals surface area contributed by atoms with Crippen molar-refractivity contribution in [1.29, 1.82) is 0 Å². The van der Waals surface area contributed by atoms with Crippen LogP contribution in [0.25, 0.3) is 10.8 Å². The summed E-state index contributed by atoms with van der Waals surface area (Å²) in [6, 6.07) is 4.45. The molecule has 60 heavy (non-hydrogen) atoms. The topological polar surface area (TPSA) is 216 Å². The highest BCUT2D eigenvalue weighted by Gasteiger charge is 2.70. The molecule has 3 aliphatic carbocycles. The number of carbonyl (C=O) groups excluding carboxylic acids is 1. The maximum Gasteiger partial charge on any atom is 0.335 e. The number of hydrogen-bond donors (Lipinski definition) is 8. The predicted molar refractivity (Wildman–Crippen MR) is 225 cm³/mol. The number of phenolic OH excluding ortho intramolecular Hbond substituents is 1. The highest BCUT2D eigenvalue weighted by atomic mass is 33.1. The van der Waals surface area contributed by atoms with Crippen LogP contribution < -0.4 is 15.6 Å². The fraction of sp³-hybridized carbons (Fsp3) is 0.727. The molecule has 3 saturated carbocycles. The lowest BCUT2D eigenvalue weighted by Gasteiger charge is -2.67. The van der Waals surface area contributed by atoms with Gasteiger partial charge < -0.3 is 49.6 Å². The number of carboxylic acid groups (broad SMARTS) is 1. The van der Waals surface area contributed by atoms with Crippen LogP contribution in [0.4, 0.5) is 0 Å². The zero-order valence-electron chi connectivity index (χ0n) is 34.5. The van der Waals surface area contributed by atoms with E-state index in [1.807, 2.05) is 0 Å². The SMILES string of the molecule is CC(=O)c1c(C)cc2cc(C(=O)O)cc(O[C@@H]3O[C@H](CO)[C@]4(CC[C@]56C[C@@]7(C[C@@H]8COC[C@@](CCCO)(CSSCO4)[C@@H]85)CC4(CCCC4)C[C@H]7NN6)[C@H](O)[C@H]3O)c2c1O. The molecule has 8 N–H and O–H groups in total. The molecule has 9 rings (SSSR count). The normalized spacial score (nSPS) is 39.9. The number of carbonyl (C=O) groups is 2. The molecule has 16 heteroatoms. The van der Waals surface area contributed by atoms with E-state index in [1.165, 1.54) is 62.0 Å². The van der Waals surface area contributed by atoms with Gasteiger partial charge in [0.25, 0.3) is 0 Å². The summed E-state index contributed by atoms with van der Waals surface area (Å²) in [4.78, 5) is 24.9. The summed E-state index contributed by atoms with van der Waals surface area (Å²) in [5.41, 5.74) is 6.25. The minimum atomic E-state index is -1.74. The van der Waals surface area contributed by atoms with E-state index in [0.29, 0.717) is 43.1 Å². The Kier molecular flexibility index (Phi) is 11.5. The van der Waals surface area contributed by atoms with E-state index in [2.05, 4.69) is 10.9 Å². The Bertz CT molecular complexity index is 2000. The number of hydrazine groups is 1. The highest BCUT2D eigenvalue weighted by molar-refractivity contribution is 8.76. The Morgan fingerprint density at radius 3 is 2.57 bits per heavy atom. The summed E-state index contributed by atoms with van der Waals surface area (Å²) >= 11 is 0. The van der Waals surface area contributed by atoms with Crippen LogP contribution in [-0.2, 0) is 14.2 Å². The zero-order chi connectivity index (χ0) is 42.2. The molecular weight excluding hydrogens is 813 g/mol. The Morgan fingerprint density at radius 2 is 1.83 bits per heavy atom. The van der Waals surface area contributed by atoms with Crippen molar-refractivity contribution in [1.82, 2.24) is 10.9 Å². The van der Waals surface area contributed by atoms with Gasteiger partial charge in [0.15, 0.2) is 5.78 Å². The van der Waals surface area contributed by atoms with Crippen molar-refractivity contribution in [2.24, 2.45) is 28.1 Å². The van der Waals surface area contributed by atoms with Crippen LogP contribution in [0.5, 0.6) is 11.5 Å². The minimum absolute atomic E-state index is 0.0399. The van der Waals surface area contributed by atoms with Gasteiger partial charge in [0.2, 0.25) is 6.29 Å². The number of fused-ring (bicyclic) bond motifs is 1. The first-order chi connectivity index (χ1) is 28.7. The molecule has 11 atom stereocenters. The van der Waals surface area contributed by atoms with Crippen LogP contribution in [-0.4, -0.2) is 122 Å². The molecule has 4 saturated heterocycles. The van der Waals surface area contributed by atoms with Crippen molar-refractivity contribution in [3.63, 3.8) is 0 Å². The lowest BCUT2D eigenvalue weighted by atomic mass is 9.46. The summed E-state index contributed by atoms with van der Waals surface area (Å²) in [5.74, 6) is -0.930. The molecule has 330 valence electrons. The second kappa shape index (κ2) is 16.1. The Balaban J connectivity index is 1.08. The number of benzene rings is 2. The molecule has 2 aromatic rings. The summed E-state index contributed by atoms with van der Waals surface area (Å²) in [7, 11) is 3.17. The number of aryl methyl sites for hydroxylation is 1. The number of aromatic hydroxyl groups is 1. The second-order valence-electron chi connectivity index (χ2n) is 19.4. The van der Waals surface area contributed by atoms with Crippen molar-refractivity contribution >= 4 is 44.1 Å². The minimum Gasteiger partial charge on any atom is -0.506 e. The number of aliphatic hydroxyl groups excluding tert-OH is 4. The third-order valence-electron chi connectivity index (χ3n) is 16.0. The molecule has 4 spiro atoms. The number of ether oxygens (including phenoxy) is 4. The number of ketones is 1. The highest BCUT2D eigenvalue weighted by Crippen LogP contribution is 2.69. The van der Waals surface area contributed by atoms with Crippen molar-refractivity contribution in [2.75, 3.05) is 38.1 Å². The first-order valence-corrected chi connectivity index (χ1v) is 24.2. The lowest BCUT2D eigenvalue weighted by Crippen LogP contribution is -2.77. The first kappa shape index (κ1) is 43.1. The largest absolute Gasteiger partial charge is 0.506 e. The van der Waals surface area contributed by atoms with Crippen LogP contribution in [0.3, 0.4) is 0 Å². The van der Waals surface area contributed by atoms with Gasteiger partial charge in [-0.15, -0.1) is 0 Å². The Hall–Kier alpha value is -2.22. The van der Waals surface area contributed by atoms with Crippen LogP contribution in [0, 0.1) is 35.0 Å². The van der Waals surface area contributed by atoms with Crippen LogP contribution in [0.15, 0.2) is 18.2 Å². The molecule has 2 bridgehead atoms. The van der Waals surface area contributed by atoms with E-state index in [4.69, 9.17) is 18.9 Å². The summed E-state index contributed by atoms with van der Waals surface area (Å²) in [6.07, 6.45) is 5.38. The van der Waals surface area contributed by atoms with Gasteiger partial charge in [0.1, 0.15) is 41.4 Å². The molecular formula is C44H60N2O12S2. The number of carboxylic acids is 1. The van der Waals surface area contributed by atoms with E-state index in [9.17, 15) is 40.2 Å². The van der Waals surface area contributed by atoms with Gasteiger partial charge in [0.05, 0.1) is 29.7 Å². The third kappa shape index (κ3) is 6.90. The van der Waals surface area contributed by atoms with Gasteiger partial charge in [-0.25, -0.2) is 4.79 Å². The zero-order valence-corrected chi connectivity index (χ0v) is 36.1. The fourth-order valence-corrected chi connectivity index (χ4v) is 16.2. The van der Waals surface area contributed by atoms with Crippen molar-refractivity contribution in [3.8, 4) is 11.5 Å². The van der Waals surface area contributed by atoms with Crippen molar-refractivity contribution in [2.45, 2.75) is 133 Å². The number of Topliss-reactive ketones (excluding diaryl/α,β-unsaturated/α-hetero) is 1. The molecule has 14 nitrogen and oxygen atoms in total. The van der Waals surface area contributed by atoms with Crippen molar-refractivity contribution in [3.05, 3.63) is 34.9 Å². The molecule has 0 aromatic heterocycles. The average Bonchev–Trinajstić information content (AvgIpc) is 3.78. The van der Waals surface area contributed by atoms with Crippen LogP contribution in [0.2, 0.25) is 0 Å². The number of phenols is 1. The van der Waals surface area contributed by atoms with Gasteiger partial charge in [-0.2, -0.15) is 0 Å². The number of nitrogens with one attached hydrogen (secondary N) is 2. The molecule has 4 heterocycles. The second-order valence-corrected chi connectivity index (χ2v) is 21.8. The van der Waals surface area contributed by atoms with E-state index in [-0.39, 0.29) is 69.3 Å². The molecule has 0 unspecified atom stereocenters. The maximum absolute atomic E-state index is 12.6. The average molecular weight is 873 g/mol. The number of rotatable bonds is 8. The summed E-state index contributed by atoms with van der Waals surface area (Å²) in [6.45, 7) is 3.70. The molecule has 4 aliphatic heterocycles. The number of hydrogen-bond acceptors (Lipinski definition) is 15. The smallest absolute Gasteiger partial charge is 0.335 e. The number of aromatic carboxylic acids is 1. The summed E-state index contributed by atoms with van der Waals surface area (Å²) in [5, 5.41) is 67.4. The van der Waals surface area contributed by atoms with Gasteiger partial charge >= 0.3 is 5.97 Å². The monoisotopic (exact) mass is 872 g/mol. The van der Waals surface area contributed by atoms with E-state index in [0.717, 1.165) is 31.4 Å².